The highest BCUT2D eigenvalue weighted by Crippen LogP contribution is 2.38. The van der Waals surface area contributed by atoms with Crippen LogP contribution in [0.2, 0.25) is 5.02 Å². The van der Waals surface area contributed by atoms with Crippen molar-refractivity contribution in [2.45, 2.75) is 6.54 Å². The molecule has 0 bridgehead atoms. The van der Waals surface area contributed by atoms with Crippen LogP contribution in [0.3, 0.4) is 0 Å². The second kappa shape index (κ2) is 8.71. The molecular weight excluding hydrogens is 382 g/mol. The second-order valence-electron chi connectivity index (χ2n) is 5.87. The first-order valence-electron chi connectivity index (χ1n) is 8.48. The van der Waals surface area contributed by atoms with Gasteiger partial charge in [0.25, 0.3) is 5.91 Å². The maximum absolute atomic E-state index is 12.5. The summed E-state index contributed by atoms with van der Waals surface area (Å²) in [7, 11) is 4.51. The zero-order valence-electron chi connectivity index (χ0n) is 15.7. The van der Waals surface area contributed by atoms with Gasteiger partial charge in [-0.05, 0) is 48.5 Å². The van der Waals surface area contributed by atoms with Gasteiger partial charge in [0.05, 0.1) is 27.9 Å². The molecule has 0 fully saturated rings. The summed E-state index contributed by atoms with van der Waals surface area (Å²) in [4.78, 5) is 12.5. The highest BCUT2D eigenvalue weighted by molar-refractivity contribution is 6.30. The zero-order chi connectivity index (χ0) is 20.1. The minimum absolute atomic E-state index is 0.239. The van der Waals surface area contributed by atoms with Gasteiger partial charge in [0.2, 0.25) is 5.75 Å². The molecule has 3 rings (SSSR count). The van der Waals surface area contributed by atoms with E-state index in [9.17, 15) is 4.79 Å². The third kappa shape index (κ3) is 4.23. The molecular formula is C21H20ClNO5. The van der Waals surface area contributed by atoms with E-state index in [1.807, 2.05) is 24.3 Å². The number of nitrogens with one attached hydrogen (secondary N) is 1. The Morgan fingerprint density at radius 1 is 0.964 bits per heavy atom. The van der Waals surface area contributed by atoms with Crippen LogP contribution in [0.4, 0.5) is 0 Å². The first-order valence-corrected chi connectivity index (χ1v) is 8.86. The third-order valence-electron chi connectivity index (χ3n) is 4.14. The molecule has 0 saturated heterocycles. The van der Waals surface area contributed by atoms with Crippen LogP contribution in [-0.2, 0) is 6.54 Å². The van der Waals surface area contributed by atoms with Gasteiger partial charge in [-0.1, -0.05) is 11.6 Å². The number of furan rings is 1. The molecule has 2 aromatic carbocycles. The summed E-state index contributed by atoms with van der Waals surface area (Å²) in [6, 6.07) is 14.2. The van der Waals surface area contributed by atoms with E-state index in [2.05, 4.69) is 5.32 Å². The van der Waals surface area contributed by atoms with Crippen LogP contribution >= 0.6 is 11.6 Å². The zero-order valence-corrected chi connectivity index (χ0v) is 16.5. The summed E-state index contributed by atoms with van der Waals surface area (Å²) in [5, 5.41) is 3.48. The number of benzene rings is 2. The van der Waals surface area contributed by atoms with Crippen molar-refractivity contribution in [3.05, 3.63) is 64.9 Å². The minimum Gasteiger partial charge on any atom is -0.493 e. The molecule has 3 aromatic rings. The van der Waals surface area contributed by atoms with E-state index in [0.29, 0.717) is 39.4 Å². The number of halogens is 1. The first-order chi connectivity index (χ1) is 13.5. The van der Waals surface area contributed by atoms with E-state index in [4.69, 9.17) is 30.2 Å². The maximum atomic E-state index is 12.5. The SMILES string of the molecule is COc1cc(C(=O)NCc2ccc(-c3ccc(Cl)cc3)o2)cc(OC)c1OC. The minimum atomic E-state index is -0.288. The highest BCUT2D eigenvalue weighted by atomic mass is 35.5. The van der Waals surface area contributed by atoms with Crippen LogP contribution in [0.25, 0.3) is 11.3 Å². The van der Waals surface area contributed by atoms with Gasteiger partial charge in [-0.15, -0.1) is 0 Å². The van der Waals surface area contributed by atoms with Crippen LogP contribution in [0.15, 0.2) is 52.9 Å². The molecule has 1 heterocycles. The molecule has 0 unspecified atom stereocenters. The Hall–Kier alpha value is -3.12. The number of carbonyl (C=O) groups is 1. The van der Waals surface area contributed by atoms with E-state index in [0.717, 1.165) is 5.56 Å². The molecule has 0 atom stereocenters. The van der Waals surface area contributed by atoms with E-state index in [-0.39, 0.29) is 12.5 Å². The van der Waals surface area contributed by atoms with Gasteiger partial charge in [-0.3, -0.25) is 4.79 Å². The van der Waals surface area contributed by atoms with E-state index in [1.54, 1.807) is 24.3 Å². The van der Waals surface area contributed by atoms with Crippen LogP contribution < -0.4 is 19.5 Å². The molecule has 0 aliphatic carbocycles. The maximum Gasteiger partial charge on any atom is 0.251 e. The number of hydrogen-bond donors (Lipinski definition) is 1. The van der Waals surface area contributed by atoms with Crippen molar-refractivity contribution in [1.82, 2.24) is 5.32 Å². The van der Waals surface area contributed by atoms with E-state index < -0.39 is 0 Å². The van der Waals surface area contributed by atoms with Gasteiger partial charge in [0.15, 0.2) is 11.5 Å². The smallest absolute Gasteiger partial charge is 0.251 e. The Balaban J connectivity index is 1.71. The predicted molar refractivity (Wildman–Crippen MR) is 106 cm³/mol. The lowest BCUT2D eigenvalue weighted by Crippen LogP contribution is -2.22. The first kappa shape index (κ1) is 19.6. The average Bonchev–Trinajstić information content (AvgIpc) is 3.20. The number of carbonyl (C=O) groups excluding carboxylic acids is 1. The average molecular weight is 402 g/mol. The van der Waals surface area contributed by atoms with Gasteiger partial charge in [-0.25, -0.2) is 0 Å². The summed E-state index contributed by atoms with van der Waals surface area (Å²) in [6.07, 6.45) is 0. The molecule has 7 heteroatoms. The quantitative estimate of drug-likeness (QED) is 0.628. The molecule has 1 aromatic heterocycles. The van der Waals surface area contributed by atoms with Gasteiger partial charge < -0.3 is 23.9 Å². The number of ether oxygens (including phenoxy) is 3. The molecule has 0 saturated carbocycles. The molecule has 28 heavy (non-hydrogen) atoms. The van der Waals surface area contributed by atoms with E-state index >= 15 is 0 Å². The third-order valence-corrected chi connectivity index (χ3v) is 4.39. The number of amides is 1. The Morgan fingerprint density at radius 3 is 2.18 bits per heavy atom. The molecule has 0 radical (unpaired) electrons. The molecule has 1 N–H and O–H groups in total. The lowest BCUT2D eigenvalue weighted by Gasteiger charge is -2.13. The van der Waals surface area contributed by atoms with Crippen molar-refractivity contribution in [3.8, 4) is 28.6 Å². The van der Waals surface area contributed by atoms with Crippen molar-refractivity contribution in [3.63, 3.8) is 0 Å². The van der Waals surface area contributed by atoms with Gasteiger partial charge >= 0.3 is 0 Å². The normalized spacial score (nSPS) is 10.4. The number of rotatable bonds is 7. The largest absolute Gasteiger partial charge is 0.493 e. The summed E-state index contributed by atoms with van der Waals surface area (Å²) in [6.45, 7) is 0.239. The second-order valence-corrected chi connectivity index (χ2v) is 6.31. The topological polar surface area (TPSA) is 69.9 Å². The van der Waals surface area contributed by atoms with Crippen LogP contribution in [0.5, 0.6) is 17.2 Å². The molecule has 146 valence electrons. The predicted octanol–water partition coefficient (Wildman–Crippen LogP) is 4.56. The lowest BCUT2D eigenvalue weighted by atomic mass is 10.1. The number of hydrogen-bond acceptors (Lipinski definition) is 5. The fourth-order valence-corrected chi connectivity index (χ4v) is 2.85. The fraction of sp³-hybridized carbons (Fsp3) is 0.190. The van der Waals surface area contributed by atoms with Crippen LogP contribution in [0, 0.1) is 0 Å². The summed E-state index contributed by atoms with van der Waals surface area (Å²) >= 11 is 5.91. The molecule has 0 spiro atoms. The van der Waals surface area contributed by atoms with Crippen LogP contribution in [-0.4, -0.2) is 27.2 Å². The Bertz CT molecular complexity index is 940. The Labute approximate surface area is 168 Å². The van der Waals surface area contributed by atoms with E-state index in [1.165, 1.54) is 21.3 Å². The summed E-state index contributed by atoms with van der Waals surface area (Å²) < 4.78 is 21.6. The molecule has 6 nitrogen and oxygen atoms in total. The molecule has 0 aliphatic heterocycles. The van der Waals surface area contributed by atoms with Crippen molar-refractivity contribution in [2.75, 3.05) is 21.3 Å². The summed E-state index contributed by atoms with van der Waals surface area (Å²) in [5.74, 6) is 2.30. The van der Waals surface area contributed by atoms with Crippen molar-refractivity contribution < 1.29 is 23.4 Å². The highest BCUT2D eigenvalue weighted by Gasteiger charge is 2.17. The summed E-state index contributed by atoms with van der Waals surface area (Å²) in [5.41, 5.74) is 1.30. The Morgan fingerprint density at radius 2 is 1.61 bits per heavy atom. The Kier molecular flexibility index (Phi) is 6.11. The molecule has 0 aliphatic rings. The monoisotopic (exact) mass is 401 g/mol. The van der Waals surface area contributed by atoms with Crippen molar-refractivity contribution in [1.29, 1.82) is 0 Å². The standard InChI is InChI=1S/C21H20ClNO5/c1-25-18-10-14(11-19(26-2)20(18)27-3)21(24)23-12-16-8-9-17(28-16)13-4-6-15(22)7-5-13/h4-11H,12H2,1-3H3,(H,23,24). The number of methoxy groups -OCH3 is 3. The van der Waals surface area contributed by atoms with Gasteiger partial charge in [0, 0.05) is 16.1 Å². The van der Waals surface area contributed by atoms with Crippen molar-refractivity contribution >= 4 is 17.5 Å². The lowest BCUT2D eigenvalue weighted by molar-refractivity contribution is 0.0947. The van der Waals surface area contributed by atoms with Gasteiger partial charge in [-0.2, -0.15) is 0 Å². The van der Waals surface area contributed by atoms with Crippen LogP contribution in [0.1, 0.15) is 16.1 Å². The van der Waals surface area contributed by atoms with Crippen molar-refractivity contribution in [2.24, 2.45) is 0 Å². The fourth-order valence-electron chi connectivity index (χ4n) is 2.72. The molecule has 1 amide bonds. The van der Waals surface area contributed by atoms with Gasteiger partial charge in [0.1, 0.15) is 11.5 Å².